The summed E-state index contributed by atoms with van der Waals surface area (Å²) < 4.78 is 1.06. The molecule has 0 saturated carbocycles. The topological polar surface area (TPSA) is 48.7 Å². The first-order valence-corrected chi connectivity index (χ1v) is 6.72. The van der Waals surface area contributed by atoms with Gasteiger partial charge in [-0.25, -0.2) is 4.98 Å². The van der Waals surface area contributed by atoms with Crippen molar-refractivity contribution in [1.82, 2.24) is 4.98 Å². The van der Waals surface area contributed by atoms with Crippen LogP contribution >= 0.6 is 15.9 Å². The quantitative estimate of drug-likeness (QED) is 0.894. The first-order chi connectivity index (χ1) is 9.01. The van der Waals surface area contributed by atoms with Crippen LogP contribution in [0.15, 0.2) is 28.7 Å². The average molecular weight is 316 g/mol. The van der Waals surface area contributed by atoms with Crippen molar-refractivity contribution in [2.75, 3.05) is 5.32 Å². The van der Waals surface area contributed by atoms with E-state index < -0.39 is 0 Å². The molecule has 0 unspecified atom stereocenters. The van der Waals surface area contributed by atoms with E-state index in [4.69, 9.17) is 0 Å². The van der Waals surface area contributed by atoms with Crippen LogP contribution < -0.4 is 5.32 Å². The fourth-order valence-electron chi connectivity index (χ4n) is 1.93. The molecule has 2 aromatic rings. The Morgan fingerprint density at radius 3 is 2.53 bits per heavy atom. The number of hydrogen-bond donors (Lipinski definition) is 1. The SMILES string of the molecule is Cc1cc(C)c(C#N)c(Nc2ccc(Br)c(C)c2)n1. The van der Waals surface area contributed by atoms with Gasteiger partial charge >= 0.3 is 0 Å². The molecular weight excluding hydrogens is 302 g/mol. The maximum atomic E-state index is 9.23. The number of aryl methyl sites for hydroxylation is 3. The molecule has 0 amide bonds. The lowest BCUT2D eigenvalue weighted by Crippen LogP contribution is -2.01. The molecule has 0 aliphatic rings. The van der Waals surface area contributed by atoms with Crippen molar-refractivity contribution >= 4 is 27.4 Å². The summed E-state index contributed by atoms with van der Waals surface area (Å²) >= 11 is 3.47. The number of pyridine rings is 1. The molecule has 3 nitrogen and oxygen atoms in total. The smallest absolute Gasteiger partial charge is 0.148 e. The van der Waals surface area contributed by atoms with Crippen molar-refractivity contribution < 1.29 is 0 Å². The number of anilines is 2. The van der Waals surface area contributed by atoms with Gasteiger partial charge in [-0.1, -0.05) is 15.9 Å². The summed E-state index contributed by atoms with van der Waals surface area (Å²) in [5.74, 6) is 0.613. The van der Waals surface area contributed by atoms with Gasteiger partial charge in [-0.2, -0.15) is 5.26 Å². The van der Waals surface area contributed by atoms with Crippen molar-refractivity contribution in [2.24, 2.45) is 0 Å². The van der Waals surface area contributed by atoms with E-state index in [0.29, 0.717) is 11.4 Å². The standard InChI is InChI=1S/C15H14BrN3/c1-9-6-11(3)18-15(13(9)8-17)19-12-4-5-14(16)10(2)7-12/h4-7H,1-3H3,(H,18,19). The molecular formula is C15H14BrN3. The van der Waals surface area contributed by atoms with E-state index in [2.05, 4.69) is 32.3 Å². The normalized spacial score (nSPS) is 10.1. The summed E-state index contributed by atoms with van der Waals surface area (Å²) in [4.78, 5) is 4.41. The van der Waals surface area contributed by atoms with Crippen LogP contribution in [-0.4, -0.2) is 4.98 Å². The van der Waals surface area contributed by atoms with Crippen molar-refractivity contribution in [3.63, 3.8) is 0 Å². The summed E-state index contributed by atoms with van der Waals surface area (Å²) in [5, 5.41) is 12.4. The van der Waals surface area contributed by atoms with Gasteiger partial charge in [0.05, 0.1) is 5.56 Å². The molecule has 0 radical (unpaired) electrons. The van der Waals surface area contributed by atoms with Crippen molar-refractivity contribution in [2.45, 2.75) is 20.8 Å². The largest absolute Gasteiger partial charge is 0.339 e. The molecule has 4 heteroatoms. The minimum absolute atomic E-state index is 0.589. The number of nitrogens with one attached hydrogen (secondary N) is 1. The molecule has 0 aliphatic heterocycles. The molecule has 0 atom stereocenters. The predicted molar refractivity (Wildman–Crippen MR) is 80.6 cm³/mol. The molecule has 0 bridgehead atoms. The van der Waals surface area contributed by atoms with E-state index in [1.807, 2.05) is 45.0 Å². The third-order valence-electron chi connectivity index (χ3n) is 2.88. The molecule has 2 rings (SSSR count). The van der Waals surface area contributed by atoms with Crippen molar-refractivity contribution in [1.29, 1.82) is 5.26 Å². The number of aromatic nitrogens is 1. The third-order valence-corrected chi connectivity index (χ3v) is 3.77. The van der Waals surface area contributed by atoms with Gasteiger partial charge in [0.15, 0.2) is 0 Å². The molecule has 0 spiro atoms. The van der Waals surface area contributed by atoms with Crippen LogP contribution in [0.25, 0.3) is 0 Å². The number of nitriles is 1. The van der Waals surface area contributed by atoms with Gasteiger partial charge < -0.3 is 5.32 Å². The zero-order chi connectivity index (χ0) is 14.0. The molecule has 19 heavy (non-hydrogen) atoms. The van der Waals surface area contributed by atoms with E-state index in [0.717, 1.165) is 27.0 Å². The van der Waals surface area contributed by atoms with E-state index in [1.54, 1.807) is 0 Å². The van der Waals surface area contributed by atoms with E-state index in [9.17, 15) is 5.26 Å². The number of nitrogens with zero attached hydrogens (tertiary/aromatic N) is 2. The maximum Gasteiger partial charge on any atom is 0.148 e. The Balaban J connectivity index is 2.43. The summed E-state index contributed by atoms with van der Waals surface area (Å²) in [6.07, 6.45) is 0. The van der Waals surface area contributed by atoms with Gasteiger partial charge in [-0.3, -0.25) is 0 Å². The highest BCUT2D eigenvalue weighted by atomic mass is 79.9. The first-order valence-electron chi connectivity index (χ1n) is 5.93. The lowest BCUT2D eigenvalue weighted by atomic mass is 10.1. The van der Waals surface area contributed by atoms with E-state index in [-0.39, 0.29) is 0 Å². The molecule has 1 N–H and O–H groups in total. The van der Waals surface area contributed by atoms with Crippen LogP contribution in [0.5, 0.6) is 0 Å². The monoisotopic (exact) mass is 315 g/mol. The lowest BCUT2D eigenvalue weighted by Gasteiger charge is -2.11. The number of benzene rings is 1. The Morgan fingerprint density at radius 1 is 1.16 bits per heavy atom. The van der Waals surface area contributed by atoms with Gasteiger partial charge in [0, 0.05) is 15.9 Å². The van der Waals surface area contributed by atoms with Crippen LogP contribution in [0.4, 0.5) is 11.5 Å². The van der Waals surface area contributed by atoms with Gasteiger partial charge in [0.1, 0.15) is 11.9 Å². The fourth-order valence-corrected chi connectivity index (χ4v) is 2.17. The molecule has 0 saturated heterocycles. The van der Waals surface area contributed by atoms with Gasteiger partial charge in [0.25, 0.3) is 0 Å². The summed E-state index contributed by atoms with van der Waals surface area (Å²) in [5.41, 5.74) is 4.48. The van der Waals surface area contributed by atoms with Crippen LogP contribution in [0.2, 0.25) is 0 Å². The Hall–Kier alpha value is -1.86. The Labute approximate surface area is 121 Å². The van der Waals surface area contributed by atoms with Gasteiger partial charge in [-0.05, 0) is 56.2 Å². The van der Waals surface area contributed by atoms with Gasteiger partial charge in [-0.15, -0.1) is 0 Å². The van der Waals surface area contributed by atoms with Crippen molar-refractivity contribution in [3.8, 4) is 6.07 Å². The van der Waals surface area contributed by atoms with Crippen LogP contribution in [0.1, 0.15) is 22.4 Å². The summed E-state index contributed by atoms with van der Waals surface area (Å²) in [6, 6.07) is 10.1. The minimum atomic E-state index is 0.589. The molecule has 1 aromatic carbocycles. The Bertz CT molecular complexity index is 672. The number of rotatable bonds is 2. The second-order valence-electron chi connectivity index (χ2n) is 4.50. The Morgan fingerprint density at radius 2 is 1.89 bits per heavy atom. The lowest BCUT2D eigenvalue weighted by molar-refractivity contribution is 1.16. The fraction of sp³-hybridized carbons (Fsp3) is 0.200. The highest BCUT2D eigenvalue weighted by molar-refractivity contribution is 9.10. The third kappa shape index (κ3) is 2.94. The number of halogens is 1. The van der Waals surface area contributed by atoms with E-state index in [1.165, 1.54) is 0 Å². The molecule has 0 aliphatic carbocycles. The van der Waals surface area contributed by atoms with Crippen LogP contribution in [0.3, 0.4) is 0 Å². The average Bonchev–Trinajstić information content (AvgIpc) is 2.33. The molecule has 1 aromatic heterocycles. The molecule has 0 fully saturated rings. The van der Waals surface area contributed by atoms with Gasteiger partial charge in [0.2, 0.25) is 0 Å². The zero-order valence-electron chi connectivity index (χ0n) is 11.1. The first kappa shape index (κ1) is 13.6. The molecule has 1 heterocycles. The summed E-state index contributed by atoms with van der Waals surface area (Å²) in [7, 11) is 0. The maximum absolute atomic E-state index is 9.23. The van der Waals surface area contributed by atoms with Crippen LogP contribution in [-0.2, 0) is 0 Å². The zero-order valence-corrected chi connectivity index (χ0v) is 12.7. The molecule has 96 valence electrons. The van der Waals surface area contributed by atoms with Crippen molar-refractivity contribution in [3.05, 3.63) is 51.1 Å². The number of hydrogen-bond acceptors (Lipinski definition) is 3. The van der Waals surface area contributed by atoms with E-state index >= 15 is 0 Å². The summed E-state index contributed by atoms with van der Waals surface area (Å²) in [6.45, 7) is 5.87. The Kier molecular flexibility index (Phi) is 3.87. The minimum Gasteiger partial charge on any atom is -0.339 e. The second kappa shape index (κ2) is 5.41. The predicted octanol–water partition coefficient (Wildman–Crippen LogP) is 4.38. The second-order valence-corrected chi connectivity index (χ2v) is 5.36. The highest BCUT2D eigenvalue weighted by Gasteiger charge is 2.09. The highest BCUT2D eigenvalue weighted by Crippen LogP contribution is 2.25. The van der Waals surface area contributed by atoms with Crippen LogP contribution in [0, 0.1) is 32.1 Å².